The Kier molecular flexibility index (Phi) is 9.31. The quantitative estimate of drug-likeness (QED) is 0.401. The molecule has 1 aromatic heterocycles. The number of carbonyl (C=O) groups excluding carboxylic acids is 1. The number of amidine groups is 1. The molecule has 2 fully saturated rings. The molecule has 2 saturated heterocycles. The Hall–Kier alpha value is -4.05. The normalized spacial score (nSPS) is 16.8. The number of carbonyl (C=O) groups is 1. The average Bonchev–Trinajstić information content (AvgIpc) is 3.22. The lowest BCUT2D eigenvalue weighted by atomic mass is 10.0. The number of hydrogen-bond acceptors (Lipinski definition) is 7. The summed E-state index contributed by atoms with van der Waals surface area (Å²) in [5.74, 6) is 0.350. The first-order valence-electron chi connectivity index (χ1n) is 12.9. The van der Waals surface area contributed by atoms with Crippen LogP contribution in [0.4, 0.5) is 23.7 Å². The minimum Gasteiger partial charge on any atom is -0.493 e. The summed E-state index contributed by atoms with van der Waals surface area (Å²) < 4.78 is 55.1. The van der Waals surface area contributed by atoms with Gasteiger partial charge in [-0.3, -0.25) is 4.98 Å². The van der Waals surface area contributed by atoms with Gasteiger partial charge in [0.2, 0.25) is 0 Å². The van der Waals surface area contributed by atoms with Gasteiger partial charge < -0.3 is 28.9 Å². The number of benzene rings is 1. The van der Waals surface area contributed by atoms with Gasteiger partial charge in [-0.15, -0.1) is 0 Å². The molecule has 0 N–H and O–H groups in total. The van der Waals surface area contributed by atoms with E-state index in [0.29, 0.717) is 58.3 Å². The molecule has 2 amide bonds. The van der Waals surface area contributed by atoms with E-state index in [1.54, 1.807) is 30.0 Å². The molecule has 0 atom stereocenters. The van der Waals surface area contributed by atoms with Gasteiger partial charge in [0, 0.05) is 51.5 Å². The van der Waals surface area contributed by atoms with Crippen molar-refractivity contribution in [1.29, 1.82) is 5.26 Å². The molecule has 0 saturated carbocycles. The van der Waals surface area contributed by atoms with Crippen LogP contribution in [-0.2, 0) is 4.74 Å². The summed E-state index contributed by atoms with van der Waals surface area (Å²) in [4.78, 5) is 27.6. The third kappa shape index (κ3) is 6.93. The molecule has 2 aromatic rings. The monoisotopic (exact) mass is 560 g/mol. The maximum atomic E-state index is 13.1. The van der Waals surface area contributed by atoms with E-state index in [1.807, 2.05) is 9.80 Å². The molecule has 214 valence electrons. The topological polar surface area (TPSA) is 104 Å². The summed E-state index contributed by atoms with van der Waals surface area (Å²) in [5, 5.41) is 10.1. The van der Waals surface area contributed by atoms with Gasteiger partial charge >= 0.3 is 12.2 Å². The van der Waals surface area contributed by atoms with Crippen LogP contribution in [0.5, 0.6) is 11.5 Å². The average molecular weight is 561 g/mol. The SMILES string of the molecule is COc1cc(/N=C(\C)N2CCCN(C(=O)N3CCOCC3)CC2)c(C#N)c(-c2ccccn2)c1OCC(F)(F)F. The number of ether oxygens (including phenoxy) is 3. The number of rotatable bonds is 5. The second-order valence-electron chi connectivity index (χ2n) is 9.28. The summed E-state index contributed by atoms with van der Waals surface area (Å²) in [6, 6.07) is 8.35. The van der Waals surface area contributed by atoms with Crippen LogP contribution >= 0.6 is 0 Å². The number of aromatic nitrogens is 1. The Morgan fingerprint density at radius 3 is 2.48 bits per heavy atom. The van der Waals surface area contributed by atoms with Gasteiger partial charge in [0.25, 0.3) is 0 Å². The van der Waals surface area contributed by atoms with Gasteiger partial charge in [-0.1, -0.05) is 6.07 Å². The lowest BCUT2D eigenvalue weighted by Crippen LogP contribution is -2.49. The van der Waals surface area contributed by atoms with Crippen LogP contribution in [-0.4, -0.2) is 104 Å². The van der Waals surface area contributed by atoms with E-state index in [9.17, 15) is 23.2 Å². The lowest BCUT2D eigenvalue weighted by Gasteiger charge is -2.32. The summed E-state index contributed by atoms with van der Waals surface area (Å²) in [5.41, 5.74) is 0.532. The molecule has 0 spiro atoms. The van der Waals surface area contributed by atoms with E-state index in [-0.39, 0.29) is 40.0 Å². The van der Waals surface area contributed by atoms with E-state index < -0.39 is 12.8 Å². The van der Waals surface area contributed by atoms with E-state index in [2.05, 4.69) is 11.1 Å². The maximum Gasteiger partial charge on any atom is 0.422 e. The smallest absolute Gasteiger partial charge is 0.422 e. The van der Waals surface area contributed by atoms with Gasteiger partial charge in [-0.2, -0.15) is 18.4 Å². The molecule has 2 aliphatic rings. The summed E-state index contributed by atoms with van der Waals surface area (Å²) >= 11 is 0. The highest BCUT2D eigenvalue weighted by Gasteiger charge is 2.32. The Bertz CT molecular complexity index is 1260. The van der Waals surface area contributed by atoms with Gasteiger partial charge in [-0.05, 0) is 25.5 Å². The number of halogens is 3. The Morgan fingerprint density at radius 2 is 1.82 bits per heavy atom. The van der Waals surface area contributed by atoms with Crippen LogP contribution in [0.2, 0.25) is 0 Å². The molecule has 1 aromatic carbocycles. The standard InChI is InChI=1S/C27H31F3N6O4/c1-19(34-8-5-9-35(11-10-34)26(37)36-12-14-39-15-13-36)33-22-16-23(38-2)25(40-18-27(28,29)30)24(20(22)17-31)21-6-3-4-7-32-21/h3-4,6-7,16H,5,8-15,18H2,1-2H3/b33-19+. The molecule has 0 unspecified atom stereocenters. The molecule has 0 aliphatic carbocycles. The number of urea groups is 1. The van der Waals surface area contributed by atoms with Crippen LogP contribution in [0, 0.1) is 11.3 Å². The highest BCUT2D eigenvalue weighted by atomic mass is 19.4. The van der Waals surface area contributed by atoms with Crippen LogP contribution in [0.25, 0.3) is 11.3 Å². The van der Waals surface area contributed by atoms with Crippen LogP contribution in [0.1, 0.15) is 18.9 Å². The molecule has 3 heterocycles. The summed E-state index contributed by atoms with van der Waals surface area (Å²) in [7, 11) is 1.30. The third-order valence-corrected chi connectivity index (χ3v) is 6.65. The van der Waals surface area contributed by atoms with E-state index in [1.165, 1.54) is 19.4 Å². The minimum absolute atomic E-state index is 0.00592. The van der Waals surface area contributed by atoms with Crippen molar-refractivity contribution in [3.05, 3.63) is 36.0 Å². The number of methoxy groups -OCH3 is 1. The number of morpholine rings is 1. The lowest BCUT2D eigenvalue weighted by molar-refractivity contribution is -0.153. The second kappa shape index (κ2) is 12.9. The Labute approximate surface area is 230 Å². The Morgan fingerprint density at radius 1 is 1.12 bits per heavy atom. The van der Waals surface area contributed by atoms with E-state index in [4.69, 9.17) is 19.2 Å². The molecular weight excluding hydrogens is 529 g/mol. The second-order valence-corrected chi connectivity index (χ2v) is 9.28. The highest BCUT2D eigenvalue weighted by molar-refractivity contribution is 5.88. The zero-order chi connectivity index (χ0) is 28.7. The summed E-state index contributed by atoms with van der Waals surface area (Å²) in [6.07, 6.45) is -2.41. The molecule has 10 nitrogen and oxygen atoms in total. The summed E-state index contributed by atoms with van der Waals surface area (Å²) in [6.45, 7) is 4.70. The zero-order valence-corrected chi connectivity index (χ0v) is 22.4. The van der Waals surface area contributed by atoms with Crippen molar-refractivity contribution in [1.82, 2.24) is 19.7 Å². The predicted octanol–water partition coefficient (Wildman–Crippen LogP) is 4.08. The fourth-order valence-corrected chi connectivity index (χ4v) is 4.66. The molecule has 13 heteroatoms. The number of aliphatic imine (C=N–C) groups is 1. The van der Waals surface area contributed by atoms with Crippen molar-refractivity contribution in [2.24, 2.45) is 4.99 Å². The van der Waals surface area contributed by atoms with Crippen molar-refractivity contribution in [3.8, 4) is 28.8 Å². The molecule has 40 heavy (non-hydrogen) atoms. The first kappa shape index (κ1) is 28.9. The van der Waals surface area contributed by atoms with Gasteiger partial charge in [-0.25, -0.2) is 9.79 Å². The van der Waals surface area contributed by atoms with Crippen LogP contribution in [0.15, 0.2) is 35.5 Å². The van der Waals surface area contributed by atoms with Crippen molar-refractivity contribution < 1.29 is 32.2 Å². The molecule has 4 rings (SSSR count). The first-order valence-corrected chi connectivity index (χ1v) is 12.9. The zero-order valence-electron chi connectivity index (χ0n) is 22.4. The fraction of sp³-hybridized carbons (Fsp3) is 0.481. The number of amides is 2. The molecule has 0 bridgehead atoms. The largest absolute Gasteiger partial charge is 0.493 e. The number of nitrogens with zero attached hydrogens (tertiary/aromatic N) is 6. The fourth-order valence-electron chi connectivity index (χ4n) is 4.66. The third-order valence-electron chi connectivity index (χ3n) is 6.65. The Balaban J connectivity index is 1.65. The van der Waals surface area contributed by atoms with Crippen molar-refractivity contribution in [2.45, 2.75) is 19.5 Å². The maximum absolute atomic E-state index is 13.1. The molecule has 0 radical (unpaired) electrons. The van der Waals surface area contributed by atoms with Crippen molar-refractivity contribution in [3.63, 3.8) is 0 Å². The van der Waals surface area contributed by atoms with E-state index >= 15 is 0 Å². The first-order chi connectivity index (χ1) is 19.2. The van der Waals surface area contributed by atoms with Gasteiger partial charge in [0.05, 0.1) is 42.8 Å². The van der Waals surface area contributed by atoms with Crippen LogP contribution in [0.3, 0.4) is 0 Å². The predicted molar refractivity (Wildman–Crippen MR) is 141 cm³/mol. The molecule has 2 aliphatic heterocycles. The minimum atomic E-state index is -4.60. The number of alkyl halides is 3. The highest BCUT2D eigenvalue weighted by Crippen LogP contribution is 2.45. The number of hydrogen-bond donors (Lipinski definition) is 0. The van der Waals surface area contributed by atoms with E-state index in [0.717, 1.165) is 6.42 Å². The van der Waals surface area contributed by atoms with Gasteiger partial charge in [0.1, 0.15) is 11.9 Å². The van der Waals surface area contributed by atoms with Crippen molar-refractivity contribution in [2.75, 3.05) is 66.2 Å². The van der Waals surface area contributed by atoms with Crippen molar-refractivity contribution >= 4 is 17.6 Å². The number of pyridine rings is 1. The number of nitriles is 1. The van der Waals surface area contributed by atoms with Gasteiger partial charge in [0.15, 0.2) is 18.1 Å². The van der Waals surface area contributed by atoms with Crippen LogP contribution < -0.4 is 9.47 Å². The molecular formula is C27H31F3N6O4.